The second-order valence-electron chi connectivity index (χ2n) is 9.28. The van der Waals surface area contributed by atoms with Crippen molar-refractivity contribution >= 4 is 10.9 Å². The number of hydrogen-bond acceptors (Lipinski definition) is 3. The van der Waals surface area contributed by atoms with Crippen molar-refractivity contribution in [2.75, 3.05) is 20.3 Å². The fraction of sp³-hybridized carbons (Fsp3) is 0.481. The van der Waals surface area contributed by atoms with Crippen LogP contribution in [0.5, 0.6) is 11.5 Å². The molecule has 1 atom stereocenters. The summed E-state index contributed by atoms with van der Waals surface area (Å²) in [5.41, 5.74) is 3.50. The van der Waals surface area contributed by atoms with Crippen molar-refractivity contribution in [3.8, 4) is 11.5 Å². The van der Waals surface area contributed by atoms with Crippen LogP contribution in [0.15, 0.2) is 42.6 Å². The van der Waals surface area contributed by atoms with Crippen molar-refractivity contribution in [2.45, 2.75) is 63.5 Å². The van der Waals surface area contributed by atoms with Gasteiger partial charge in [-0.15, -0.1) is 0 Å². The molecule has 0 spiro atoms. The number of nitrogens with zero attached hydrogens (tertiary/aromatic N) is 1. The molecule has 1 aromatic heterocycles. The number of hydrogen-bond donors (Lipinski definition) is 1. The van der Waals surface area contributed by atoms with Crippen LogP contribution in [0, 0.1) is 5.82 Å². The molecule has 5 rings (SSSR count). The van der Waals surface area contributed by atoms with Gasteiger partial charge in [-0.25, -0.2) is 4.39 Å². The van der Waals surface area contributed by atoms with Crippen molar-refractivity contribution in [2.24, 2.45) is 0 Å². The van der Waals surface area contributed by atoms with Gasteiger partial charge in [0, 0.05) is 34.7 Å². The van der Waals surface area contributed by atoms with Gasteiger partial charge in [-0.05, 0) is 86.9 Å². The van der Waals surface area contributed by atoms with Gasteiger partial charge in [0.25, 0.3) is 0 Å². The summed E-state index contributed by atoms with van der Waals surface area (Å²) in [6.07, 6.45) is 8.82. The molecule has 3 aromatic rings. The zero-order chi connectivity index (χ0) is 22.1. The van der Waals surface area contributed by atoms with E-state index in [1.807, 2.05) is 24.3 Å². The fourth-order valence-corrected chi connectivity index (χ4v) is 5.86. The van der Waals surface area contributed by atoms with Crippen LogP contribution in [-0.2, 0) is 6.42 Å². The van der Waals surface area contributed by atoms with Crippen molar-refractivity contribution in [3.63, 3.8) is 0 Å². The number of rotatable bonds is 6. The molecule has 0 saturated heterocycles. The molecule has 2 aromatic carbocycles. The minimum atomic E-state index is -0.158. The monoisotopic (exact) mass is 436 g/mol. The van der Waals surface area contributed by atoms with Crippen molar-refractivity contribution in [3.05, 3.63) is 59.5 Å². The summed E-state index contributed by atoms with van der Waals surface area (Å²) >= 11 is 0. The highest BCUT2D eigenvalue weighted by molar-refractivity contribution is 5.83. The highest BCUT2D eigenvalue weighted by atomic mass is 19.1. The smallest absolute Gasteiger partial charge is 0.126 e. The van der Waals surface area contributed by atoms with E-state index in [4.69, 9.17) is 9.47 Å². The second-order valence-corrected chi connectivity index (χ2v) is 9.28. The van der Waals surface area contributed by atoms with E-state index in [-0.39, 0.29) is 5.82 Å². The maximum Gasteiger partial charge on any atom is 0.126 e. The molecule has 0 amide bonds. The van der Waals surface area contributed by atoms with E-state index in [1.54, 1.807) is 13.2 Å². The summed E-state index contributed by atoms with van der Waals surface area (Å²) in [4.78, 5) is 6.03. The van der Waals surface area contributed by atoms with Gasteiger partial charge >= 0.3 is 0 Å². The Labute approximate surface area is 189 Å². The zero-order valence-electron chi connectivity index (χ0n) is 19.1. The third kappa shape index (κ3) is 3.99. The van der Waals surface area contributed by atoms with Crippen LogP contribution >= 0.6 is 0 Å². The Morgan fingerprint density at radius 3 is 2.75 bits per heavy atom. The Bertz CT molecular complexity index is 1060. The lowest BCUT2D eigenvalue weighted by atomic mass is 9.80. The van der Waals surface area contributed by atoms with E-state index >= 15 is 0 Å². The molecule has 170 valence electrons. The Balaban J connectivity index is 1.30. The first-order valence-corrected chi connectivity index (χ1v) is 12.0. The average molecular weight is 437 g/mol. The average Bonchev–Trinajstić information content (AvgIpc) is 3.25. The molecular formula is C27H33FN2O2. The predicted molar refractivity (Wildman–Crippen MR) is 126 cm³/mol. The minimum absolute atomic E-state index is 0.158. The van der Waals surface area contributed by atoms with E-state index in [9.17, 15) is 4.39 Å². The Morgan fingerprint density at radius 2 is 1.97 bits per heavy atom. The number of ether oxygens (including phenoxy) is 2. The zero-order valence-corrected chi connectivity index (χ0v) is 19.1. The molecule has 5 heteroatoms. The number of benzene rings is 2. The number of halogens is 1. The van der Waals surface area contributed by atoms with Gasteiger partial charge < -0.3 is 14.5 Å². The van der Waals surface area contributed by atoms with Gasteiger partial charge in [0.2, 0.25) is 0 Å². The molecule has 1 saturated carbocycles. The third-order valence-corrected chi connectivity index (χ3v) is 7.41. The topological polar surface area (TPSA) is 37.5 Å². The van der Waals surface area contributed by atoms with Gasteiger partial charge in [-0.3, -0.25) is 4.90 Å². The Morgan fingerprint density at radius 1 is 1.12 bits per heavy atom. The maximum atomic E-state index is 13.8. The largest absolute Gasteiger partial charge is 0.496 e. The summed E-state index contributed by atoms with van der Waals surface area (Å²) in [5.74, 6) is 2.23. The van der Waals surface area contributed by atoms with Crippen LogP contribution < -0.4 is 9.47 Å². The van der Waals surface area contributed by atoms with Crippen LogP contribution in [0.1, 0.15) is 56.1 Å². The van der Waals surface area contributed by atoms with Crippen LogP contribution in [0.2, 0.25) is 0 Å². The molecule has 4 nitrogen and oxygen atoms in total. The van der Waals surface area contributed by atoms with Crippen LogP contribution in [0.25, 0.3) is 10.9 Å². The van der Waals surface area contributed by atoms with E-state index in [0.29, 0.717) is 18.0 Å². The lowest BCUT2D eigenvalue weighted by Gasteiger charge is -2.43. The Hall–Kier alpha value is -2.53. The van der Waals surface area contributed by atoms with E-state index in [2.05, 4.69) is 23.0 Å². The molecule has 2 heterocycles. The van der Waals surface area contributed by atoms with Gasteiger partial charge in [-0.1, -0.05) is 13.0 Å². The second kappa shape index (κ2) is 9.14. The van der Waals surface area contributed by atoms with Gasteiger partial charge in [0.1, 0.15) is 23.9 Å². The molecule has 0 bridgehead atoms. The fourth-order valence-electron chi connectivity index (χ4n) is 5.86. The van der Waals surface area contributed by atoms with E-state index < -0.39 is 0 Å². The number of fused-ring (bicyclic) bond motifs is 2. The normalized spacial score (nSPS) is 23.2. The van der Waals surface area contributed by atoms with Gasteiger partial charge in [0.05, 0.1) is 7.11 Å². The first-order valence-electron chi connectivity index (χ1n) is 12.0. The minimum Gasteiger partial charge on any atom is -0.496 e. The molecule has 1 unspecified atom stereocenters. The summed E-state index contributed by atoms with van der Waals surface area (Å²) in [6, 6.07) is 12.1. The highest BCUT2D eigenvalue weighted by Gasteiger charge is 2.34. The summed E-state index contributed by atoms with van der Waals surface area (Å²) in [7, 11) is 1.74. The van der Waals surface area contributed by atoms with Crippen molar-refractivity contribution in [1.82, 2.24) is 9.88 Å². The number of methoxy groups -OCH3 is 1. The van der Waals surface area contributed by atoms with Crippen molar-refractivity contribution in [1.29, 1.82) is 0 Å². The number of aromatic nitrogens is 1. The van der Waals surface area contributed by atoms with Gasteiger partial charge in [0.15, 0.2) is 0 Å². The van der Waals surface area contributed by atoms with E-state index in [1.165, 1.54) is 30.0 Å². The molecule has 1 aliphatic carbocycles. The summed E-state index contributed by atoms with van der Waals surface area (Å²) in [5, 5.41) is 1.04. The first kappa shape index (κ1) is 21.3. The summed E-state index contributed by atoms with van der Waals surface area (Å²) in [6.45, 7) is 4.09. The third-order valence-electron chi connectivity index (χ3n) is 7.41. The molecule has 1 aliphatic heterocycles. The SMILES string of the molecule is CCCN(C1COc2cccc(OC)c2C1)[C@H]1CC[C@@H](c2c[nH]c3ccc(F)cc32)CC1. The van der Waals surface area contributed by atoms with Gasteiger partial charge in [-0.2, -0.15) is 0 Å². The summed E-state index contributed by atoms with van der Waals surface area (Å²) < 4.78 is 25.6. The molecule has 32 heavy (non-hydrogen) atoms. The lowest BCUT2D eigenvalue weighted by molar-refractivity contribution is 0.0588. The van der Waals surface area contributed by atoms with E-state index in [0.717, 1.165) is 61.2 Å². The number of H-pyrrole nitrogens is 1. The standard InChI is InChI=1S/C27H33FN2O2/c1-3-13-30(21-15-23-26(31-2)5-4-6-27(23)32-17-21)20-10-7-18(8-11-20)24-16-29-25-12-9-19(28)14-22(24)25/h4-6,9,12,14,16,18,20-21,29H,3,7-8,10-11,13,15,17H2,1-2H3/t18-,20+,21?. The van der Waals surface area contributed by atoms with Crippen LogP contribution in [0.3, 0.4) is 0 Å². The molecule has 0 radical (unpaired) electrons. The first-order chi connectivity index (χ1) is 15.7. The number of nitrogens with one attached hydrogen (secondary N) is 1. The quantitative estimate of drug-likeness (QED) is 0.511. The highest BCUT2D eigenvalue weighted by Crippen LogP contribution is 2.40. The van der Waals surface area contributed by atoms with Crippen LogP contribution in [0.4, 0.5) is 4.39 Å². The lowest BCUT2D eigenvalue weighted by Crippen LogP contribution is -2.50. The van der Waals surface area contributed by atoms with Crippen molar-refractivity contribution < 1.29 is 13.9 Å². The molecular weight excluding hydrogens is 403 g/mol. The number of aromatic amines is 1. The maximum absolute atomic E-state index is 13.8. The molecule has 1 N–H and O–H groups in total. The predicted octanol–water partition coefficient (Wildman–Crippen LogP) is 6.06. The molecule has 2 aliphatic rings. The van der Waals surface area contributed by atoms with Crippen LogP contribution in [-0.4, -0.2) is 42.2 Å². The molecule has 1 fully saturated rings. The Kier molecular flexibility index (Phi) is 6.09.